The van der Waals surface area contributed by atoms with E-state index in [0.717, 1.165) is 45.6 Å². The van der Waals surface area contributed by atoms with Crippen LogP contribution in [0.3, 0.4) is 0 Å². The second-order valence-electron chi connectivity index (χ2n) is 8.36. The van der Waals surface area contributed by atoms with Gasteiger partial charge in [0.05, 0.1) is 5.75 Å². The van der Waals surface area contributed by atoms with Gasteiger partial charge in [0, 0.05) is 22.3 Å². The quantitative estimate of drug-likeness (QED) is 0.234. The number of carbonyl (C=O) groups excluding carboxylic acids is 1. The van der Waals surface area contributed by atoms with Crippen LogP contribution in [-0.4, -0.2) is 26.4 Å². The summed E-state index contributed by atoms with van der Waals surface area (Å²) in [5, 5.41) is 12.8. The molecule has 0 spiro atoms. The maximum atomic E-state index is 12.9. The van der Waals surface area contributed by atoms with Gasteiger partial charge in [-0.25, -0.2) is 0 Å². The van der Waals surface area contributed by atoms with Crippen molar-refractivity contribution in [2.75, 3.05) is 11.1 Å². The average molecular weight is 550 g/mol. The number of rotatable bonds is 9. The van der Waals surface area contributed by atoms with Gasteiger partial charge in [-0.3, -0.25) is 9.36 Å². The Hall–Kier alpha value is -2.90. The van der Waals surface area contributed by atoms with Gasteiger partial charge in [-0.15, -0.1) is 10.2 Å². The Morgan fingerprint density at radius 1 is 0.971 bits per heavy atom. The highest BCUT2D eigenvalue weighted by Gasteiger charge is 2.17. The van der Waals surface area contributed by atoms with Crippen molar-refractivity contribution in [3.8, 4) is 5.69 Å². The summed E-state index contributed by atoms with van der Waals surface area (Å²) in [5.74, 6) is 1.03. The van der Waals surface area contributed by atoms with Crippen molar-refractivity contribution in [2.45, 2.75) is 45.2 Å². The molecule has 1 amide bonds. The Labute approximate surface area is 219 Å². The number of nitrogens with zero attached hydrogens (tertiary/aromatic N) is 3. The van der Waals surface area contributed by atoms with Crippen molar-refractivity contribution in [3.63, 3.8) is 0 Å². The molecule has 35 heavy (non-hydrogen) atoms. The standard InChI is InChI=1S/C28H29BrN4OS/c1-4-20-11-13-24(14-12-20)33-25(16-21-9-7-6-8-10-21)31-32-28(33)35-18-26(34)30-27-19(3)15-23(29)17-22(27)5-2/h6-15,17H,4-5,16,18H2,1-3H3,(H,30,34). The molecular formula is C28H29BrN4OS. The number of anilines is 1. The lowest BCUT2D eigenvalue weighted by Gasteiger charge is -2.14. The van der Waals surface area contributed by atoms with Gasteiger partial charge in [0.2, 0.25) is 5.91 Å². The van der Waals surface area contributed by atoms with E-state index < -0.39 is 0 Å². The van der Waals surface area contributed by atoms with Crippen molar-refractivity contribution in [3.05, 3.63) is 99.3 Å². The van der Waals surface area contributed by atoms with E-state index in [9.17, 15) is 4.79 Å². The van der Waals surface area contributed by atoms with Crippen LogP contribution in [0, 0.1) is 6.92 Å². The number of hydrogen-bond acceptors (Lipinski definition) is 4. The molecule has 0 aliphatic rings. The monoisotopic (exact) mass is 548 g/mol. The lowest BCUT2D eigenvalue weighted by molar-refractivity contribution is -0.113. The van der Waals surface area contributed by atoms with Crippen LogP contribution in [-0.2, 0) is 24.1 Å². The Kier molecular flexibility index (Phi) is 8.42. The number of nitrogens with one attached hydrogen (secondary N) is 1. The second kappa shape index (κ2) is 11.7. The molecule has 4 aromatic rings. The van der Waals surface area contributed by atoms with E-state index in [1.807, 2.05) is 31.2 Å². The lowest BCUT2D eigenvalue weighted by Crippen LogP contribution is -2.17. The zero-order valence-corrected chi connectivity index (χ0v) is 22.6. The summed E-state index contributed by atoms with van der Waals surface area (Å²) >= 11 is 4.95. The number of benzene rings is 3. The number of hydrogen-bond donors (Lipinski definition) is 1. The molecule has 0 unspecified atom stereocenters. The van der Waals surface area contributed by atoms with Crippen LogP contribution in [0.5, 0.6) is 0 Å². The highest BCUT2D eigenvalue weighted by atomic mass is 79.9. The van der Waals surface area contributed by atoms with E-state index in [-0.39, 0.29) is 11.7 Å². The third kappa shape index (κ3) is 6.21. The van der Waals surface area contributed by atoms with Gasteiger partial charge in [-0.05, 0) is 66.3 Å². The third-order valence-electron chi connectivity index (χ3n) is 5.87. The number of amides is 1. The van der Waals surface area contributed by atoms with Crippen LogP contribution in [0.4, 0.5) is 5.69 Å². The highest BCUT2D eigenvalue weighted by Crippen LogP contribution is 2.28. The van der Waals surface area contributed by atoms with Gasteiger partial charge in [0.1, 0.15) is 5.82 Å². The molecule has 1 N–H and O–H groups in total. The van der Waals surface area contributed by atoms with Crippen LogP contribution < -0.4 is 5.32 Å². The van der Waals surface area contributed by atoms with E-state index in [4.69, 9.17) is 0 Å². The maximum absolute atomic E-state index is 12.9. The summed E-state index contributed by atoms with van der Waals surface area (Å²) in [5.41, 5.74) is 6.48. The minimum atomic E-state index is -0.0596. The van der Waals surface area contributed by atoms with Crippen molar-refractivity contribution in [1.29, 1.82) is 0 Å². The first-order valence-corrected chi connectivity index (χ1v) is 13.6. The molecule has 0 saturated carbocycles. The van der Waals surface area contributed by atoms with E-state index in [2.05, 4.69) is 92.3 Å². The lowest BCUT2D eigenvalue weighted by atomic mass is 10.1. The first-order valence-electron chi connectivity index (χ1n) is 11.8. The highest BCUT2D eigenvalue weighted by molar-refractivity contribution is 9.10. The van der Waals surface area contributed by atoms with E-state index >= 15 is 0 Å². The van der Waals surface area contributed by atoms with E-state index in [1.54, 1.807) is 0 Å². The normalized spacial score (nSPS) is 11.0. The minimum absolute atomic E-state index is 0.0596. The number of aromatic nitrogens is 3. The summed E-state index contributed by atoms with van der Waals surface area (Å²) in [6, 6.07) is 22.8. The maximum Gasteiger partial charge on any atom is 0.234 e. The molecule has 0 aliphatic carbocycles. The topological polar surface area (TPSA) is 59.8 Å². The number of aryl methyl sites for hydroxylation is 3. The van der Waals surface area contributed by atoms with E-state index in [1.165, 1.54) is 22.9 Å². The van der Waals surface area contributed by atoms with Gasteiger partial charge in [0.15, 0.2) is 5.16 Å². The van der Waals surface area contributed by atoms with Gasteiger partial charge >= 0.3 is 0 Å². The summed E-state index contributed by atoms with van der Waals surface area (Å²) in [6.45, 7) is 6.25. The Morgan fingerprint density at radius 3 is 2.40 bits per heavy atom. The van der Waals surface area contributed by atoms with Gasteiger partial charge in [0.25, 0.3) is 0 Å². The summed E-state index contributed by atoms with van der Waals surface area (Å²) in [7, 11) is 0. The SMILES string of the molecule is CCc1ccc(-n2c(Cc3ccccc3)nnc2SCC(=O)Nc2c(C)cc(Br)cc2CC)cc1. The predicted octanol–water partition coefficient (Wildman–Crippen LogP) is 6.78. The van der Waals surface area contributed by atoms with Gasteiger partial charge < -0.3 is 5.32 Å². The van der Waals surface area contributed by atoms with Crippen molar-refractivity contribution < 1.29 is 4.79 Å². The molecule has 3 aromatic carbocycles. The third-order valence-corrected chi connectivity index (χ3v) is 7.25. The smallest absolute Gasteiger partial charge is 0.234 e. The summed E-state index contributed by atoms with van der Waals surface area (Å²) in [6.07, 6.45) is 2.48. The molecule has 1 heterocycles. The Bertz CT molecular complexity index is 1300. The van der Waals surface area contributed by atoms with Crippen molar-refractivity contribution in [1.82, 2.24) is 14.8 Å². The van der Waals surface area contributed by atoms with Crippen LogP contribution >= 0.6 is 27.7 Å². The zero-order chi connectivity index (χ0) is 24.8. The molecule has 0 aliphatic heterocycles. The summed E-state index contributed by atoms with van der Waals surface area (Å²) in [4.78, 5) is 12.9. The molecule has 4 rings (SSSR count). The fourth-order valence-electron chi connectivity index (χ4n) is 4.00. The molecule has 0 atom stereocenters. The van der Waals surface area contributed by atoms with Crippen LogP contribution in [0.2, 0.25) is 0 Å². The first-order chi connectivity index (χ1) is 17.0. The van der Waals surface area contributed by atoms with Crippen LogP contribution in [0.15, 0.2) is 76.4 Å². The average Bonchev–Trinajstić information content (AvgIpc) is 3.27. The molecule has 0 bridgehead atoms. The number of carbonyl (C=O) groups is 1. The molecule has 0 radical (unpaired) electrons. The predicted molar refractivity (Wildman–Crippen MR) is 148 cm³/mol. The fraction of sp³-hybridized carbons (Fsp3) is 0.250. The first kappa shape index (κ1) is 25.2. The van der Waals surface area contributed by atoms with E-state index in [0.29, 0.717) is 11.6 Å². The molecule has 180 valence electrons. The Balaban J connectivity index is 1.57. The van der Waals surface area contributed by atoms with Gasteiger partial charge in [-0.2, -0.15) is 0 Å². The Morgan fingerprint density at radius 2 is 1.71 bits per heavy atom. The molecule has 0 fully saturated rings. The number of thioether (sulfide) groups is 1. The summed E-state index contributed by atoms with van der Waals surface area (Å²) < 4.78 is 3.08. The van der Waals surface area contributed by atoms with Crippen LogP contribution in [0.1, 0.15) is 41.9 Å². The second-order valence-corrected chi connectivity index (χ2v) is 10.2. The molecular weight excluding hydrogens is 520 g/mol. The van der Waals surface area contributed by atoms with Crippen LogP contribution in [0.25, 0.3) is 5.69 Å². The zero-order valence-electron chi connectivity index (χ0n) is 20.2. The van der Waals surface area contributed by atoms with Crippen molar-refractivity contribution >= 4 is 39.3 Å². The minimum Gasteiger partial charge on any atom is -0.325 e. The van der Waals surface area contributed by atoms with Gasteiger partial charge in [-0.1, -0.05) is 84.0 Å². The van der Waals surface area contributed by atoms with Crippen molar-refractivity contribution in [2.24, 2.45) is 0 Å². The molecule has 5 nitrogen and oxygen atoms in total. The largest absolute Gasteiger partial charge is 0.325 e. The molecule has 0 saturated heterocycles. The fourth-order valence-corrected chi connectivity index (χ4v) is 5.39. The molecule has 1 aromatic heterocycles. The molecule has 7 heteroatoms. The number of halogens is 1.